The molecule has 0 aliphatic carbocycles. The van der Waals surface area contributed by atoms with Crippen LogP contribution in [0.1, 0.15) is 22.9 Å². The third kappa shape index (κ3) is 3.33. The summed E-state index contributed by atoms with van der Waals surface area (Å²) >= 11 is 3.74. The highest BCUT2D eigenvalue weighted by Gasteiger charge is 2.09. The van der Waals surface area contributed by atoms with Gasteiger partial charge in [-0.2, -0.15) is 11.8 Å². The van der Waals surface area contributed by atoms with E-state index in [2.05, 4.69) is 29.9 Å². The van der Waals surface area contributed by atoms with Gasteiger partial charge in [0.05, 0.1) is 0 Å². The van der Waals surface area contributed by atoms with E-state index < -0.39 is 0 Å². The van der Waals surface area contributed by atoms with Gasteiger partial charge in [0.15, 0.2) is 0 Å². The summed E-state index contributed by atoms with van der Waals surface area (Å²) in [4.78, 5) is 1.40. The molecule has 74 valence electrons. The molecule has 1 nitrogen and oxygen atoms in total. The third-order valence-electron chi connectivity index (χ3n) is 2.11. The van der Waals surface area contributed by atoms with Crippen LogP contribution in [0.3, 0.4) is 0 Å². The van der Waals surface area contributed by atoms with E-state index >= 15 is 0 Å². The summed E-state index contributed by atoms with van der Waals surface area (Å²) in [5, 5.41) is 5.62. The molecule has 1 atom stereocenters. The van der Waals surface area contributed by atoms with E-state index in [0.717, 1.165) is 0 Å². The van der Waals surface area contributed by atoms with Gasteiger partial charge in [0.25, 0.3) is 0 Å². The van der Waals surface area contributed by atoms with Gasteiger partial charge < -0.3 is 5.32 Å². The smallest absolute Gasteiger partial charge is 0.0333 e. The molecule has 0 radical (unpaired) electrons. The third-order valence-corrected chi connectivity index (χ3v) is 3.64. The number of hydrogen-bond donors (Lipinski definition) is 1. The van der Waals surface area contributed by atoms with E-state index in [-0.39, 0.29) is 0 Å². The number of thioether (sulfide) groups is 1. The van der Waals surface area contributed by atoms with Crippen LogP contribution in [0.4, 0.5) is 0 Å². The Hall–Kier alpha value is 0.0100. The molecule has 3 heteroatoms. The zero-order chi connectivity index (χ0) is 9.68. The molecule has 13 heavy (non-hydrogen) atoms. The van der Waals surface area contributed by atoms with Gasteiger partial charge >= 0.3 is 0 Å². The Labute approximate surface area is 88.9 Å². The van der Waals surface area contributed by atoms with E-state index in [0.29, 0.717) is 6.04 Å². The van der Waals surface area contributed by atoms with Crippen LogP contribution < -0.4 is 5.32 Å². The summed E-state index contributed by atoms with van der Waals surface area (Å²) in [5.41, 5.74) is 1.44. The normalized spacial score (nSPS) is 13.2. The predicted molar refractivity (Wildman–Crippen MR) is 63.9 cm³/mol. The molecule has 0 amide bonds. The van der Waals surface area contributed by atoms with Crippen molar-refractivity contribution in [3.8, 4) is 0 Å². The van der Waals surface area contributed by atoms with Crippen LogP contribution in [0.15, 0.2) is 11.4 Å². The van der Waals surface area contributed by atoms with Gasteiger partial charge in [0.2, 0.25) is 0 Å². The molecule has 0 aliphatic rings. The molecule has 0 bridgehead atoms. The second-order valence-corrected chi connectivity index (χ2v) is 5.21. The van der Waals surface area contributed by atoms with E-state index in [1.54, 1.807) is 0 Å². The summed E-state index contributed by atoms with van der Waals surface area (Å²) in [6.45, 7) is 2.16. The Bertz CT molecular complexity index is 245. The Kier molecular flexibility index (Phi) is 4.84. The van der Waals surface area contributed by atoms with Crippen molar-refractivity contribution >= 4 is 23.1 Å². The van der Waals surface area contributed by atoms with E-state index in [9.17, 15) is 0 Å². The molecule has 1 unspecified atom stereocenters. The van der Waals surface area contributed by atoms with Gasteiger partial charge in [-0.05, 0) is 49.4 Å². The second kappa shape index (κ2) is 5.68. The standard InChI is InChI=1S/C10H17NS2/c1-8-6-9(7-13-8)10(11-2)4-5-12-3/h6-7,10-11H,4-5H2,1-3H3. The molecular weight excluding hydrogens is 198 g/mol. The average Bonchev–Trinajstić information content (AvgIpc) is 2.54. The molecule has 1 heterocycles. The number of rotatable bonds is 5. The van der Waals surface area contributed by atoms with Crippen LogP contribution in [-0.2, 0) is 0 Å². The van der Waals surface area contributed by atoms with Gasteiger partial charge in [-0.25, -0.2) is 0 Å². The molecule has 1 aromatic heterocycles. The van der Waals surface area contributed by atoms with E-state index in [1.807, 2.05) is 30.1 Å². The number of nitrogens with one attached hydrogen (secondary N) is 1. The highest BCUT2D eigenvalue weighted by molar-refractivity contribution is 7.98. The fourth-order valence-corrected chi connectivity index (χ4v) is 2.59. The summed E-state index contributed by atoms with van der Waals surface area (Å²) in [6.07, 6.45) is 3.37. The van der Waals surface area contributed by atoms with Crippen LogP contribution >= 0.6 is 23.1 Å². The highest BCUT2D eigenvalue weighted by atomic mass is 32.2. The van der Waals surface area contributed by atoms with Crippen LogP contribution in [-0.4, -0.2) is 19.1 Å². The highest BCUT2D eigenvalue weighted by Crippen LogP contribution is 2.23. The zero-order valence-corrected chi connectivity index (χ0v) is 10.1. The molecule has 1 rings (SSSR count). The van der Waals surface area contributed by atoms with Crippen molar-refractivity contribution in [2.75, 3.05) is 19.1 Å². The minimum atomic E-state index is 0.539. The van der Waals surface area contributed by atoms with Crippen LogP contribution in [0, 0.1) is 6.92 Å². The number of hydrogen-bond acceptors (Lipinski definition) is 3. The largest absolute Gasteiger partial charge is 0.313 e. The molecule has 0 spiro atoms. The van der Waals surface area contributed by atoms with Crippen molar-refractivity contribution in [3.63, 3.8) is 0 Å². The fraction of sp³-hybridized carbons (Fsp3) is 0.600. The lowest BCUT2D eigenvalue weighted by atomic mass is 10.1. The summed E-state index contributed by atoms with van der Waals surface area (Å²) in [7, 11) is 2.04. The maximum Gasteiger partial charge on any atom is 0.0333 e. The lowest BCUT2D eigenvalue weighted by Gasteiger charge is -2.13. The van der Waals surface area contributed by atoms with Crippen LogP contribution in [0.5, 0.6) is 0 Å². The van der Waals surface area contributed by atoms with Crippen molar-refractivity contribution < 1.29 is 0 Å². The lowest BCUT2D eigenvalue weighted by molar-refractivity contribution is 0.583. The minimum absolute atomic E-state index is 0.539. The van der Waals surface area contributed by atoms with Crippen molar-refractivity contribution in [2.24, 2.45) is 0 Å². The lowest BCUT2D eigenvalue weighted by Crippen LogP contribution is -2.16. The first kappa shape index (κ1) is 11.1. The van der Waals surface area contributed by atoms with Crippen molar-refractivity contribution in [2.45, 2.75) is 19.4 Å². The van der Waals surface area contributed by atoms with Crippen LogP contribution in [0.2, 0.25) is 0 Å². The predicted octanol–water partition coefficient (Wildman–Crippen LogP) is 3.07. The maximum atomic E-state index is 3.36. The van der Waals surface area contributed by atoms with Gasteiger partial charge in [0, 0.05) is 10.9 Å². The Balaban J connectivity index is 2.56. The van der Waals surface area contributed by atoms with Gasteiger partial charge in [-0.1, -0.05) is 0 Å². The van der Waals surface area contributed by atoms with Crippen molar-refractivity contribution in [3.05, 3.63) is 21.9 Å². The topological polar surface area (TPSA) is 12.0 Å². The van der Waals surface area contributed by atoms with Crippen molar-refractivity contribution in [1.82, 2.24) is 5.32 Å². The summed E-state index contributed by atoms with van der Waals surface area (Å²) in [6, 6.07) is 2.82. The SMILES string of the molecule is CNC(CCSC)c1csc(C)c1. The summed E-state index contributed by atoms with van der Waals surface area (Å²) in [5.74, 6) is 1.22. The molecule has 1 N–H and O–H groups in total. The van der Waals surface area contributed by atoms with E-state index in [4.69, 9.17) is 0 Å². The van der Waals surface area contributed by atoms with Gasteiger partial charge in [0.1, 0.15) is 0 Å². The number of aryl methyl sites for hydroxylation is 1. The Morgan fingerprint density at radius 3 is 2.85 bits per heavy atom. The van der Waals surface area contributed by atoms with E-state index in [1.165, 1.54) is 22.6 Å². The zero-order valence-electron chi connectivity index (χ0n) is 8.46. The molecule has 0 fully saturated rings. The minimum Gasteiger partial charge on any atom is -0.313 e. The molecular formula is C10H17NS2. The first-order chi connectivity index (χ1) is 6.27. The van der Waals surface area contributed by atoms with Crippen LogP contribution in [0.25, 0.3) is 0 Å². The molecule has 0 aromatic carbocycles. The average molecular weight is 215 g/mol. The molecule has 0 saturated carbocycles. The quantitative estimate of drug-likeness (QED) is 0.810. The van der Waals surface area contributed by atoms with Gasteiger partial charge in [-0.15, -0.1) is 11.3 Å². The first-order valence-corrected chi connectivity index (χ1v) is 6.76. The fourth-order valence-electron chi connectivity index (χ4n) is 1.36. The Morgan fingerprint density at radius 1 is 1.62 bits per heavy atom. The monoisotopic (exact) mass is 215 g/mol. The molecule has 0 aliphatic heterocycles. The second-order valence-electron chi connectivity index (χ2n) is 3.11. The molecule has 0 saturated heterocycles. The molecule has 1 aromatic rings. The summed E-state index contributed by atoms with van der Waals surface area (Å²) < 4.78 is 0. The Morgan fingerprint density at radius 2 is 2.38 bits per heavy atom. The first-order valence-electron chi connectivity index (χ1n) is 4.49. The van der Waals surface area contributed by atoms with Crippen molar-refractivity contribution in [1.29, 1.82) is 0 Å². The van der Waals surface area contributed by atoms with Gasteiger partial charge in [-0.3, -0.25) is 0 Å². The number of thiophene rings is 1. The maximum absolute atomic E-state index is 3.36.